The number of carbonyl (C=O) groups is 1. The number of amides is 1. The van der Waals surface area contributed by atoms with Gasteiger partial charge in [-0.1, -0.05) is 6.07 Å². The molecule has 1 fully saturated rings. The van der Waals surface area contributed by atoms with Crippen molar-refractivity contribution in [1.82, 2.24) is 4.98 Å². The van der Waals surface area contributed by atoms with Gasteiger partial charge in [-0.25, -0.2) is 4.98 Å². The van der Waals surface area contributed by atoms with Crippen LogP contribution in [0.3, 0.4) is 0 Å². The summed E-state index contributed by atoms with van der Waals surface area (Å²) in [5, 5.41) is 2.76. The Labute approximate surface area is 95.0 Å². The van der Waals surface area contributed by atoms with Crippen LogP contribution in [0.15, 0.2) is 24.4 Å². The van der Waals surface area contributed by atoms with E-state index in [-0.39, 0.29) is 12.0 Å². The van der Waals surface area contributed by atoms with Gasteiger partial charge in [0.05, 0.1) is 12.5 Å². The van der Waals surface area contributed by atoms with Crippen molar-refractivity contribution in [3.05, 3.63) is 24.4 Å². The molecule has 4 heteroatoms. The molecule has 0 saturated carbocycles. The molecule has 4 nitrogen and oxygen atoms in total. The quantitative estimate of drug-likeness (QED) is 0.847. The zero-order chi connectivity index (χ0) is 11.2. The Bertz CT molecular complexity index is 334. The van der Waals surface area contributed by atoms with Crippen molar-refractivity contribution in [3.8, 4) is 0 Å². The summed E-state index contributed by atoms with van der Waals surface area (Å²) in [4.78, 5) is 15.7. The van der Waals surface area contributed by atoms with Crippen LogP contribution in [0, 0.1) is 0 Å². The van der Waals surface area contributed by atoms with Crippen LogP contribution in [-0.2, 0) is 9.53 Å². The van der Waals surface area contributed by atoms with E-state index in [0.717, 1.165) is 25.9 Å². The minimum Gasteiger partial charge on any atom is -0.378 e. The Balaban J connectivity index is 1.80. The molecule has 16 heavy (non-hydrogen) atoms. The van der Waals surface area contributed by atoms with Crippen LogP contribution in [-0.4, -0.2) is 23.6 Å². The number of nitrogens with zero attached hydrogens (tertiary/aromatic N) is 1. The highest BCUT2D eigenvalue weighted by Crippen LogP contribution is 2.16. The van der Waals surface area contributed by atoms with Crippen LogP contribution in [0.25, 0.3) is 0 Å². The highest BCUT2D eigenvalue weighted by molar-refractivity contribution is 5.90. The van der Waals surface area contributed by atoms with Crippen molar-refractivity contribution in [2.24, 2.45) is 0 Å². The summed E-state index contributed by atoms with van der Waals surface area (Å²) < 4.78 is 5.51. The summed E-state index contributed by atoms with van der Waals surface area (Å²) >= 11 is 0. The van der Waals surface area contributed by atoms with Gasteiger partial charge in [-0.05, 0) is 31.4 Å². The van der Waals surface area contributed by atoms with Gasteiger partial charge in [0.15, 0.2) is 0 Å². The maximum Gasteiger partial charge on any atom is 0.228 e. The standard InChI is InChI=1S/C12H16N2O2/c15-12(9-10-5-2-4-8-16-10)14-11-6-1-3-7-13-11/h1,3,6-7,10H,2,4-5,8-9H2,(H,13,14,15)/t10-/m0/s1. The van der Waals surface area contributed by atoms with Gasteiger partial charge < -0.3 is 10.1 Å². The van der Waals surface area contributed by atoms with Crippen molar-refractivity contribution < 1.29 is 9.53 Å². The molecule has 1 aromatic heterocycles. The zero-order valence-electron chi connectivity index (χ0n) is 9.19. The molecule has 1 aliphatic heterocycles. The number of ether oxygens (including phenoxy) is 1. The van der Waals surface area contributed by atoms with Crippen LogP contribution in [0.4, 0.5) is 5.82 Å². The van der Waals surface area contributed by atoms with E-state index >= 15 is 0 Å². The molecule has 2 heterocycles. The van der Waals surface area contributed by atoms with Crippen molar-refractivity contribution in [1.29, 1.82) is 0 Å². The number of rotatable bonds is 3. The third-order valence-electron chi connectivity index (χ3n) is 2.62. The van der Waals surface area contributed by atoms with Gasteiger partial charge >= 0.3 is 0 Å². The summed E-state index contributed by atoms with van der Waals surface area (Å²) in [5.74, 6) is 0.578. The fourth-order valence-corrected chi connectivity index (χ4v) is 1.81. The van der Waals surface area contributed by atoms with Gasteiger partial charge in [-0.2, -0.15) is 0 Å². The van der Waals surface area contributed by atoms with Gasteiger partial charge in [0.2, 0.25) is 5.91 Å². The average molecular weight is 220 g/mol. The highest BCUT2D eigenvalue weighted by Gasteiger charge is 2.17. The first-order chi connectivity index (χ1) is 7.84. The monoisotopic (exact) mass is 220 g/mol. The molecule has 1 aliphatic rings. The number of aromatic nitrogens is 1. The smallest absolute Gasteiger partial charge is 0.228 e. The van der Waals surface area contributed by atoms with E-state index in [1.165, 1.54) is 0 Å². The molecule has 1 atom stereocenters. The lowest BCUT2D eigenvalue weighted by Crippen LogP contribution is -2.25. The summed E-state index contributed by atoms with van der Waals surface area (Å²) in [6, 6.07) is 5.44. The molecule has 86 valence electrons. The molecule has 0 unspecified atom stereocenters. The van der Waals surface area contributed by atoms with Gasteiger partial charge in [-0.3, -0.25) is 4.79 Å². The minimum absolute atomic E-state index is 0.0226. The Hall–Kier alpha value is -1.42. The fourth-order valence-electron chi connectivity index (χ4n) is 1.81. The largest absolute Gasteiger partial charge is 0.378 e. The van der Waals surface area contributed by atoms with Crippen molar-refractivity contribution in [3.63, 3.8) is 0 Å². The third-order valence-corrected chi connectivity index (χ3v) is 2.62. The maximum atomic E-state index is 11.6. The molecular weight excluding hydrogens is 204 g/mol. The number of pyridine rings is 1. The van der Waals surface area contributed by atoms with E-state index < -0.39 is 0 Å². The second-order valence-corrected chi connectivity index (χ2v) is 3.96. The third kappa shape index (κ3) is 3.31. The normalized spacial score (nSPS) is 20.4. The molecule has 2 rings (SSSR count). The van der Waals surface area contributed by atoms with E-state index in [9.17, 15) is 4.79 Å². The Morgan fingerprint density at radius 3 is 3.12 bits per heavy atom. The molecule has 0 spiro atoms. The average Bonchev–Trinajstić information content (AvgIpc) is 2.31. The summed E-state index contributed by atoms with van der Waals surface area (Å²) in [7, 11) is 0. The predicted octanol–water partition coefficient (Wildman–Crippen LogP) is 1.98. The van der Waals surface area contributed by atoms with E-state index in [4.69, 9.17) is 4.74 Å². The van der Waals surface area contributed by atoms with Crippen molar-refractivity contribution >= 4 is 11.7 Å². The molecule has 1 saturated heterocycles. The molecule has 0 aliphatic carbocycles. The van der Waals surface area contributed by atoms with E-state index in [0.29, 0.717) is 12.2 Å². The molecule has 0 bridgehead atoms. The van der Waals surface area contributed by atoms with E-state index in [2.05, 4.69) is 10.3 Å². The lowest BCUT2D eigenvalue weighted by molar-refractivity contribution is -0.119. The second-order valence-electron chi connectivity index (χ2n) is 3.96. The SMILES string of the molecule is O=C(C[C@@H]1CCCCO1)Nc1ccccn1. The second kappa shape index (κ2) is 5.61. The Morgan fingerprint density at radius 2 is 2.44 bits per heavy atom. The Kier molecular flexibility index (Phi) is 3.88. The lowest BCUT2D eigenvalue weighted by Gasteiger charge is -2.21. The van der Waals surface area contributed by atoms with E-state index in [1.54, 1.807) is 12.3 Å². The molecule has 0 radical (unpaired) electrons. The summed E-state index contributed by atoms with van der Waals surface area (Å²) in [6.45, 7) is 0.779. The van der Waals surface area contributed by atoms with Gasteiger partial charge in [0, 0.05) is 12.8 Å². The molecular formula is C12H16N2O2. The summed E-state index contributed by atoms with van der Waals surface area (Å²) in [6.07, 6.45) is 5.41. The van der Waals surface area contributed by atoms with Crippen LogP contribution in [0.1, 0.15) is 25.7 Å². The zero-order valence-corrected chi connectivity index (χ0v) is 9.19. The topological polar surface area (TPSA) is 51.2 Å². The maximum absolute atomic E-state index is 11.6. The minimum atomic E-state index is -0.0226. The highest BCUT2D eigenvalue weighted by atomic mass is 16.5. The molecule has 1 amide bonds. The number of anilines is 1. The van der Waals surface area contributed by atoms with Gasteiger partial charge in [0.25, 0.3) is 0 Å². The number of hydrogen-bond donors (Lipinski definition) is 1. The van der Waals surface area contributed by atoms with Crippen LogP contribution in [0.5, 0.6) is 0 Å². The molecule has 0 aromatic carbocycles. The Morgan fingerprint density at radius 1 is 1.50 bits per heavy atom. The fraction of sp³-hybridized carbons (Fsp3) is 0.500. The van der Waals surface area contributed by atoms with Gasteiger partial charge in [0.1, 0.15) is 5.82 Å². The van der Waals surface area contributed by atoms with Gasteiger partial charge in [-0.15, -0.1) is 0 Å². The summed E-state index contributed by atoms with van der Waals surface area (Å²) in [5.41, 5.74) is 0. The molecule has 1 N–H and O–H groups in total. The number of hydrogen-bond acceptors (Lipinski definition) is 3. The first-order valence-electron chi connectivity index (χ1n) is 5.67. The first-order valence-corrected chi connectivity index (χ1v) is 5.67. The van der Waals surface area contributed by atoms with E-state index in [1.807, 2.05) is 12.1 Å². The number of carbonyl (C=O) groups excluding carboxylic acids is 1. The predicted molar refractivity (Wildman–Crippen MR) is 61.1 cm³/mol. The molecule has 1 aromatic rings. The first kappa shape index (κ1) is 11.1. The number of nitrogens with one attached hydrogen (secondary N) is 1. The van der Waals surface area contributed by atoms with Crippen molar-refractivity contribution in [2.75, 3.05) is 11.9 Å². The van der Waals surface area contributed by atoms with Crippen molar-refractivity contribution in [2.45, 2.75) is 31.8 Å². The van der Waals surface area contributed by atoms with Crippen LogP contribution < -0.4 is 5.32 Å². The lowest BCUT2D eigenvalue weighted by atomic mass is 10.1. The van der Waals surface area contributed by atoms with Crippen LogP contribution >= 0.6 is 0 Å². The van der Waals surface area contributed by atoms with Crippen LogP contribution in [0.2, 0.25) is 0 Å².